The Morgan fingerprint density at radius 1 is 1.30 bits per heavy atom. The fourth-order valence-corrected chi connectivity index (χ4v) is 6.19. The number of carbonyl (C=O) groups excluding carboxylic acids is 3. The van der Waals surface area contributed by atoms with Crippen LogP contribution in [0.25, 0.3) is 0 Å². The summed E-state index contributed by atoms with van der Waals surface area (Å²) in [5.74, 6) is -0.839. The minimum absolute atomic E-state index is 0.0484. The highest BCUT2D eigenvalue weighted by Gasteiger charge is 2.68. The van der Waals surface area contributed by atoms with Gasteiger partial charge in [0.25, 0.3) is 0 Å². The summed E-state index contributed by atoms with van der Waals surface area (Å²) in [6.07, 6.45) is 3.88. The predicted octanol–water partition coefficient (Wildman–Crippen LogP) is 2.29. The molecule has 5 rings (SSSR count). The fourth-order valence-electron chi connectivity index (χ4n) is 6.19. The molecule has 1 aromatic rings. The second-order valence-electron chi connectivity index (χ2n) is 8.55. The number of hydrogen-bond acceptors (Lipinski definition) is 6. The van der Waals surface area contributed by atoms with Crippen molar-refractivity contribution in [1.82, 2.24) is 4.90 Å². The first-order valence-corrected chi connectivity index (χ1v) is 10.2. The van der Waals surface area contributed by atoms with E-state index in [1.165, 1.54) is 14.0 Å². The topological polar surface area (TPSA) is 84.9 Å². The summed E-state index contributed by atoms with van der Waals surface area (Å²) >= 11 is 0. The molecule has 4 atom stereocenters. The van der Waals surface area contributed by atoms with Crippen molar-refractivity contribution in [2.24, 2.45) is 5.41 Å². The standard InChI is InChI=1S/C23H24N2O5/c1-13(30-14(2)26)22-9-8-18(27)25-11-10-23(21(22)25)16-6-4-5-7-17(16)24-19(23)15(12-22)20(28)29-3/h4-9,13,21,24H,10-12H2,1-3H3. The van der Waals surface area contributed by atoms with E-state index in [1.807, 2.05) is 36.1 Å². The Morgan fingerprint density at radius 2 is 2.07 bits per heavy atom. The first kappa shape index (κ1) is 18.9. The summed E-state index contributed by atoms with van der Waals surface area (Å²) in [5.41, 5.74) is 2.06. The highest BCUT2D eigenvalue weighted by Crippen LogP contribution is 2.64. The Kier molecular flexibility index (Phi) is 3.91. The first-order valence-electron chi connectivity index (χ1n) is 10.2. The van der Waals surface area contributed by atoms with Gasteiger partial charge in [-0.15, -0.1) is 0 Å². The lowest BCUT2D eigenvalue weighted by Gasteiger charge is -2.55. The molecule has 1 spiro atoms. The van der Waals surface area contributed by atoms with Crippen LogP contribution in [0, 0.1) is 5.41 Å². The molecule has 1 amide bonds. The van der Waals surface area contributed by atoms with E-state index in [1.54, 1.807) is 6.08 Å². The van der Waals surface area contributed by atoms with Crippen molar-refractivity contribution in [3.8, 4) is 0 Å². The molecule has 0 aromatic heterocycles. The molecule has 1 aliphatic carbocycles. The molecule has 1 saturated heterocycles. The number of nitrogens with zero attached hydrogens (tertiary/aromatic N) is 1. The SMILES string of the molecule is COC(=O)C1=C2Nc3ccccc3C23CCN2C(=O)C=CC(C(C)OC(C)=O)(C1)C23. The van der Waals surface area contributed by atoms with Gasteiger partial charge in [0.2, 0.25) is 5.91 Å². The number of para-hydroxylation sites is 1. The van der Waals surface area contributed by atoms with E-state index in [2.05, 4.69) is 11.4 Å². The van der Waals surface area contributed by atoms with Gasteiger partial charge in [0.15, 0.2) is 0 Å². The van der Waals surface area contributed by atoms with Crippen molar-refractivity contribution in [2.75, 3.05) is 19.0 Å². The summed E-state index contributed by atoms with van der Waals surface area (Å²) in [4.78, 5) is 39.5. The molecule has 30 heavy (non-hydrogen) atoms. The van der Waals surface area contributed by atoms with Crippen LogP contribution in [-0.2, 0) is 29.3 Å². The van der Waals surface area contributed by atoms with E-state index < -0.39 is 22.9 Å². The number of rotatable bonds is 3. The largest absolute Gasteiger partial charge is 0.466 e. The summed E-state index contributed by atoms with van der Waals surface area (Å²) in [7, 11) is 1.38. The van der Waals surface area contributed by atoms with Crippen molar-refractivity contribution in [1.29, 1.82) is 0 Å². The number of esters is 2. The lowest BCUT2D eigenvalue weighted by molar-refractivity contribution is -0.156. The van der Waals surface area contributed by atoms with Gasteiger partial charge in [0.1, 0.15) is 6.10 Å². The highest BCUT2D eigenvalue weighted by atomic mass is 16.5. The zero-order valence-electron chi connectivity index (χ0n) is 17.2. The number of fused-ring (bicyclic) bond motifs is 1. The van der Waals surface area contributed by atoms with Gasteiger partial charge in [0.05, 0.1) is 29.6 Å². The van der Waals surface area contributed by atoms with Gasteiger partial charge in [0, 0.05) is 24.9 Å². The molecule has 1 aromatic carbocycles. The smallest absolute Gasteiger partial charge is 0.335 e. The minimum Gasteiger partial charge on any atom is -0.466 e. The minimum atomic E-state index is -0.734. The van der Waals surface area contributed by atoms with Crippen LogP contribution in [0.4, 0.5) is 5.69 Å². The molecule has 156 valence electrons. The molecule has 0 bridgehead atoms. The van der Waals surface area contributed by atoms with Gasteiger partial charge in [-0.05, 0) is 37.5 Å². The van der Waals surface area contributed by atoms with Crippen LogP contribution in [0.1, 0.15) is 32.3 Å². The summed E-state index contributed by atoms with van der Waals surface area (Å²) in [6.45, 7) is 3.79. The van der Waals surface area contributed by atoms with Crippen molar-refractivity contribution in [2.45, 2.75) is 44.2 Å². The quantitative estimate of drug-likeness (QED) is 0.773. The van der Waals surface area contributed by atoms with Gasteiger partial charge >= 0.3 is 11.9 Å². The third-order valence-corrected chi connectivity index (χ3v) is 7.28. The third kappa shape index (κ3) is 2.18. The van der Waals surface area contributed by atoms with Crippen molar-refractivity contribution < 1.29 is 23.9 Å². The third-order valence-electron chi connectivity index (χ3n) is 7.28. The van der Waals surface area contributed by atoms with Crippen LogP contribution in [-0.4, -0.2) is 48.5 Å². The van der Waals surface area contributed by atoms with Crippen molar-refractivity contribution >= 4 is 23.5 Å². The van der Waals surface area contributed by atoms with Crippen LogP contribution in [0.5, 0.6) is 0 Å². The van der Waals surface area contributed by atoms with E-state index in [0.717, 1.165) is 16.9 Å². The predicted molar refractivity (Wildman–Crippen MR) is 108 cm³/mol. The number of amides is 1. The molecule has 4 aliphatic rings. The van der Waals surface area contributed by atoms with Gasteiger partial charge in [-0.2, -0.15) is 0 Å². The Morgan fingerprint density at radius 3 is 2.80 bits per heavy atom. The molecule has 1 fully saturated rings. The second-order valence-corrected chi connectivity index (χ2v) is 8.55. The normalized spacial score (nSPS) is 31.5. The van der Waals surface area contributed by atoms with E-state index >= 15 is 0 Å². The zero-order valence-corrected chi connectivity index (χ0v) is 17.2. The van der Waals surface area contributed by atoms with E-state index in [4.69, 9.17) is 9.47 Å². The molecule has 1 N–H and O–H groups in total. The summed E-state index contributed by atoms with van der Waals surface area (Å²) in [6, 6.07) is 7.71. The van der Waals surface area contributed by atoms with Crippen LogP contribution in [0.15, 0.2) is 47.7 Å². The van der Waals surface area contributed by atoms with E-state index in [0.29, 0.717) is 25.0 Å². The van der Waals surface area contributed by atoms with Gasteiger partial charge in [-0.1, -0.05) is 24.3 Å². The van der Waals surface area contributed by atoms with Crippen LogP contribution >= 0.6 is 0 Å². The van der Waals surface area contributed by atoms with E-state index in [-0.39, 0.29) is 17.9 Å². The lowest BCUT2D eigenvalue weighted by Crippen LogP contribution is -2.63. The molecule has 4 unspecified atom stereocenters. The molecule has 7 heteroatoms. The first-order chi connectivity index (χ1) is 14.3. The molecular weight excluding hydrogens is 384 g/mol. The van der Waals surface area contributed by atoms with E-state index in [9.17, 15) is 14.4 Å². The zero-order chi connectivity index (χ0) is 21.3. The highest BCUT2D eigenvalue weighted by molar-refractivity contribution is 5.96. The number of ether oxygens (including phenoxy) is 2. The maximum atomic E-state index is 12.9. The summed E-state index contributed by atoms with van der Waals surface area (Å²) < 4.78 is 10.8. The number of benzene rings is 1. The average Bonchev–Trinajstić information content (AvgIpc) is 3.29. The van der Waals surface area contributed by atoms with Gasteiger partial charge in [-0.25, -0.2) is 4.79 Å². The Bertz CT molecular complexity index is 1040. The number of nitrogens with one attached hydrogen (secondary N) is 1. The molecular formula is C23H24N2O5. The molecule has 3 aliphatic heterocycles. The molecule has 7 nitrogen and oxygen atoms in total. The number of hydrogen-bond donors (Lipinski definition) is 1. The maximum Gasteiger partial charge on any atom is 0.335 e. The molecule has 0 radical (unpaired) electrons. The maximum absolute atomic E-state index is 12.9. The number of anilines is 1. The van der Waals surface area contributed by atoms with Gasteiger partial charge < -0.3 is 19.7 Å². The number of carbonyl (C=O) groups is 3. The van der Waals surface area contributed by atoms with Crippen molar-refractivity contribution in [3.63, 3.8) is 0 Å². The Balaban J connectivity index is 1.82. The van der Waals surface area contributed by atoms with Crippen LogP contribution in [0.3, 0.4) is 0 Å². The Hall–Kier alpha value is -3.09. The second kappa shape index (κ2) is 6.20. The monoisotopic (exact) mass is 408 g/mol. The fraction of sp³-hybridized carbons (Fsp3) is 0.435. The Labute approximate surface area is 174 Å². The van der Waals surface area contributed by atoms with Crippen molar-refractivity contribution in [3.05, 3.63) is 53.3 Å². The molecule has 0 saturated carbocycles. The van der Waals surface area contributed by atoms with Gasteiger partial charge in [-0.3, -0.25) is 9.59 Å². The average molecular weight is 408 g/mol. The number of methoxy groups -OCH3 is 1. The van der Waals surface area contributed by atoms with Crippen LogP contribution in [0.2, 0.25) is 0 Å². The molecule has 3 heterocycles. The summed E-state index contributed by atoms with van der Waals surface area (Å²) in [5, 5.41) is 3.47. The van der Waals surface area contributed by atoms with Crippen LogP contribution < -0.4 is 5.32 Å². The lowest BCUT2D eigenvalue weighted by atomic mass is 9.54.